The summed E-state index contributed by atoms with van der Waals surface area (Å²) in [5.74, 6) is 0. The fourth-order valence-electron chi connectivity index (χ4n) is 1.90. The van der Waals surface area contributed by atoms with Crippen molar-refractivity contribution < 1.29 is 13.6 Å². The van der Waals surface area contributed by atoms with Crippen LogP contribution < -0.4 is 5.14 Å². The van der Waals surface area contributed by atoms with Crippen LogP contribution in [0.3, 0.4) is 0 Å². The van der Waals surface area contributed by atoms with Crippen molar-refractivity contribution >= 4 is 15.7 Å². The van der Waals surface area contributed by atoms with E-state index in [1.54, 1.807) is 6.07 Å². The number of hydrogen-bond acceptors (Lipinski definition) is 4. The molecule has 3 N–H and O–H groups in total. The molecule has 0 unspecified atom stereocenters. The molecular weight excluding hydrogens is 228 g/mol. The number of nitrogens with zero attached hydrogens (tertiary/aromatic N) is 1. The summed E-state index contributed by atoms with van der Waals surface area (Å²) in [6.45, 7) is 0. The molecular formula is C10H12N2O3S. The Morgan fingerprint density at radius 3 is 2.69 bits per heavy atom. The molecule has 0 saturated carbocycles. The normalized spacial score (nSPS) is 18.4. The third-order valence-electron chi connectivity index (χ3n) is 2.70. The highest BCUT2D eigenvalue weighted by Gasteiger charge is 2.18. The summed E-state index contributed by atoms with van der Waals surface area (Å²) in [6.07, 6.45) is 2.41. The second kappa shape index (κ2) is 3.88. The van der Waals surface area contributed by atoms with Gasteiger partial charge in [-0.3, -0.25) is 0 Å². The predicted octanol–water partition coefficient (Wildman–Crippen LogP) is 0.849. The van der Waals surface area contributed by atoms with E-state index in [0.29, 0.717) is 17.7 Å². The van der Waals surface area contributed by atoms with Crippen LogP contribution in [-0.2, 0) is 16.4 Å². The molecule has 6 heteroatoms. The lowest BCUT2D eigenvalue weighted by atomic mass is 9.90. The van der Waals surface area contributed by atoms with Gasteiger partial charge in [-0.15, -0.1) is 0 Å². The summed E-state index contributed by atoms with van der Waals surface area (Å²) < 4.78 is 22.4. The zero-order valence-electron chi connectivity index (χ0n) is 8.55. The van der Waals surface area contributed by atoms with Crippen molar-refractivity contribution in [2.45, 2.75) is 24.2 Å². The van der Waals surface area contributed by atoms with E-state index in [4.69, 9.17) is 10.3 Å². The summed E-state index contributed by atoms with van der Waals surface area (Å²) in [7, 11) is -3.70. The Kier molecular flexibility index (Phi) is 2.69. The van der Waals surface area contributed by atoms with Crippen molar-refractivity contribution in [3.8, 4) is 0 Å². The maximum Gasteiger partial charge on any atom is 0.238 e. The molecule has 0 radical (unpaired) electrons. The van der Waals surface area contributed by atoms with Gasteiger partial charge < -0.3 is 5.21 Å². The molecule has 2 rings (SSSR count). The molecule has 0 bridgehead atoms. The Labute approximate surface area is 93.6 Å². The first-order chi connectivity index (χ1) is 7.52. The minimum Gasteiger partial charge on any atom is -0.411 e. The fraction of sp³-hybridized carbons (Fsp3) is 0.300. The van der Waals surface area contributed by atoms with Gasteiger partial charge in [0.15, 0.2) is 0 Å². The molecule has 0 fully saturated rings. The lowest BCUT2D eigenvalue weighted by Crippen LogP contribution is -2.16. The Bertz CT molecular complexity index is 549. The van der Waals surface area contributed by atoms with Gasteiger partial charge in [0.1, 0.15) is 0 Å². The van der Waals surface area contributed by atoms with Crippen molar-refractivity contribution in [1.82, 2.24) is 0 Å². The van der Waals surface area contributed by atoms with Gasteiger partial charge in [-0.25, -0.2) is 13.6 Å². The number of oxime groups is 1. The topological polar surface area (TPSA) is 92.8 Å². The molecule has 1 aromatic rings. The van der Waals surface area contributed by atoms with Crippen molar-refractivity contribution in [1.29, 1.82) is 0 Å². The largest absolute Gasteiger partial charge is 0.411 e. The van der Waals surface area contributed by atoms with Crippen molar-refractivity contribution in [3.63, 3.8) is 0 Å². The Morgan fingerprint density at radius 1 is 1.31 bits per heavy atom. The predicted molar refractivity (Wildman–Crippen MR) is 59.1 cm³/mol. The van der Waals surface area contributed by atoms with E-state index < -0.39 is 10.0 Å². The average molecular weight is 240 g/mol. The molecule has 0 aromatic heterocycles. The first kappa shape index (κ1) is 11.1. The van der Waals surface area contributed by atoms with Gasteiger partial charge in [-0.1, -0.05) is 11.2 Å². The van der Waals surface area contributed by atoms with Gasteiger partial charge in [-0.05, 0) is 37.0 Å². The second-order valence-electron chi connectivity index (χ2n) is 3.76. The third kappa shape index (κ3) is 1.94. The van der Waals surface area contributed by atoms with Gasteiger partial charge in [0.2, 0.25) is 10.0 Å². The van der Waals surface area contributed by atoms with Gasteiger partial charge >= 0.3 is 0 Å². The molecule has 0 spiro atoms. The lowest BCUT2D eigenvalue weighted by molar-refractivity contribution is 0.317. The van der Waals surface area contributed by atoms with Gasteiger partial charge in [0, 0.05) is 5.56 Å². The zero-order valence-corrected chi connectivity index (χ0v) is 9.37. The van der Waals surface area contributed by atoms with Crippen LogP contribution in [0, 0.1) is 0 Å². The highest BCUT2D eigenvalue weighted by atomic mass is 32.2. The molecule has 1 aromatic carbocycles. The Hall–Kier alpha value is -1.40. The van der Waals surface area contributed by atoms with Crippen LogP contribution in [-0.4, -0.2) is 19.3 Å². The maximum absolute atomic E-state index is 11.2. The average Bonchev–Trinajstić information content (AvgIpc) is 2.26. The number of primary sulfonamides is 1. The quantitative estimate of drug-likeness (QED) is 0.563. The van der Waals surface area contributed by atoms with E-state index in [2.05, 4.69) is 5.16 Å². The van der Waals surface area contributed by atoms with E-state index >= 15 is 0 Å². The molecule has 1 aliphatic rings. The van der Waals surface area contributed by atoms with E-state index in [1.165, 1.54) is 12.1 Å². The van der Waals surface area contributed by atoms with E-state index in [-0.39, 0.29) is 4.90 Å². The number of fused-ring (bicyclic) bond motifs is 1. The SMILES string of the molecule is NS(=O)(=O)c1ccc2c(c1)C(=NO)CCC2. The van der Waals surface area contributed by atoms with Crippen LogP contribution in [0.1, 0.15) is 24.0 Å². The standard InChI is InChI=1S/C10H12N2O3S/c11-16(14,15)8-5-4-7-2-1-3-10(12-13)9(7)6-8/h4-6,13H,1-3H2,(H2,11,14,15). The van der Waals surface area contributed by atoms with Crippen LogP contribution in [0.4, 0.5) is 0 Å². The number of rotatable bonds is 1. The highest BCUT2D eigenvalue weighted by molar-refractivity contribution is 7.89. The summed E-state index contributed by atoms with van der Waals surface area (Å²) in [5.41, 5.74) is 2.19. The smallest absolute Gasteiger partial charge is 0.238 e. The first-order valence-corrected chi connectivity index (χ1v) is 6.44. The minimum absolute atomic E-state index is 0.0503. The first-order valence-electron chi connectivity index (χ1n) is 4.89. The van der Waals surface area contributed by atoms with Gasteiger partial charge in [0.25, 0.3) is 0 Å². The lowest BCUT2D eigenvalue weighted by Gasteiger charge is -2.17. The monoisotopic (exact) mass is 240 g/mol. The summed E-state index contributed by atoms with van der Waals surface area (Å²) in [5, 5.41) is 17.1. The number of sulfonamides is 1. The minimum atomic E-state index is -3.70. The van der Waals surface area contributed by atoms with Crippen molar-refractivity contribution in [2.75, 3.05) is 0 Å². The molecule has 0 atom stereocenters. The van der Waals surface area contributed by atoms with Crippen LogP contribution in [0.5, 0.6) is 0 Å². The van der Waals surface area contributed by atoms with Crippen molar-refractivity contribution in [3.05, 3.63) is 29.3 Å². The van der Waals surface area contributed by atoms with E-state index in [0.717, 1.165) is 18.4 Å². The summed E-state index contributed by atoms with van der Waals surface area (Å²) >= 11 is 0. The molecule has 5 nitrogen and oxygen atoms in total. The molecule has 0 aliphatic heterocycles. The number of benzene rings is 1. The number of hydrogen-bond donors (Lipinski definition) is 2. The van der Waals surface area contributed by atoms with Gasteiger partial charge in [0.05, 0.1) is 10.6 Å². The zero-order chi connectivity index (χ0) is 11.8. The highest BCUT2D eigenvalue weighted by Crippen LogP contribution is 2.24. The third-order valence-corrected chi connectivity index (χ3v) is 3.61. The molecule has 0 saturated heterocycles. The Balaban J connectivity index is 2.60. The van der Waals surface area contributed by atoms with Crippen LogP contribution in [0.25, 0.3) is 0 Å². The molecule has 0 heterocycles. The van der Waals surface area contributed by atoms with Crippen LogP contribution >= 0.6 is 0 Å². The van der Waals surface area contributed by atoms with Crippen molar-refractivity contribution in [2.24, 2.45) is 10.3 Å². The maximum atomic E-state index is 11.2. The van der Waals surface area contributed by atoms with E-state index in [9.17, 15) is 8.42 Å². The fourth-order valence-corrected chi connectivity index (χ4v) is 2.44. The van der Waals surface area contributed by atoms with E-state index in [1.807, 2.05) is 0 Å². The summed E-state index contributed by atoms with van der Waals surface area (Å²) in [4.78, 5) is 0.0503. The Morgan fingerprint density at radius 2 is 2.06 bits per heavy atom. The van der Waals surface area contributed by atoms with Gasteiger partial charge in [-0.2, -0.15) is 0 Å². The number of nitrogens with two attached hydrogens (primary N) is 1. The van der Waals surface area contributed by atoms with Crippen LogP contribution in [0.2, 0.25) is 0 Å². The molecule has 0 amide bonds. The van der Waals surface area contributed by atoms with Crippen LogP contribution in [0.15, 0.2) is 28.3 Å². The summed E-state index contributed by atoms with van der Waals surface area (Å²) in [6, 6.07) is 4.67. The number of aryl methyl sites for hydroxylation is 1. The molecule has 16 heavy (non-hydrogen) atoms. The molecule has 86 valence electrons. The molecule has 1 aliphatic carbocycles. The second-order valence-corrected chi connectivity index (χ2v) is 5.33.